The van der Waals surface area contributed by atoms with Crippen LogP contribution in [-0.2, 0) is 11.3 Å². The lowest BCUT2D eigenvalue weighted by molar-refractivity contribution is -0.115. The highest BCUT2D eigenvalue weighted by molar-refractivity contribution is 8.18. The van der Waals surface area contributed by atoms with Gasteiger partial charge < -0.3 is 5.32 Å². The first-order valence-electron chi connectivity index (χ1n) is 7.39. The van der Waals surface area contributed by atoms with Crippen molar-refractivity contribution >= 4 is 34.9 Å². The van der Waals surface area contributed by atoms with Gasteiger partial charge in [-0.1, -0.05) is 24.3 Å². The fraction of sp³-hybridized carbons (Fsp3) is 0.0556. The maximum atomic E-state index is 12.8. The van der Waals surface area contributed by atoms with Gasteiger partial charge in [-0.15, -0.1) is 0 Å². The number of hydrogen-bond donors (Lipinski definition) is 2. The van der Waals surface area contributed by atoms with E-state index in [1.165, 1.54) is 12.1 Å². The summed E-state index contributed by atoms with van der Waals surface area (Å²) in [5, 5.41) is 4.54. The Bertz CT molecular complexity index is 861. The number of nitrogens with one attached hydrogen (secondary N) is 2. The Balaban J connectivity index is 1.62. The number of thioether (sulfide) groups is 1. The summed E-state index contributed by atoms with van der Waals surface area (Å²) in [7, 11) is 0. The number of carbonyl (C=O) groups excluding carboxylic acids is 3. The van der Waals surface area contributed by atoms with Crippen LogP contribution in [0.5, 0.6) is 0 Å². The molecule has 0 saturated carbocycles. The molecule has 0 unspecified atom stereocenters. The molecule has 1 aliphatic heterocycles. The van der Waals surface area contributed by atoms with E-state index in [-0.39, 0.29) is 11.7 Å². The first-order valence-corrected chi connectivity index (χ1v) is 8.20. The number of hydrogen-bond acceptors (Lipinski definition) is 4. The standard InChI is InChI=1S/C18H13FN2O3S/c19-14-7-3-12(4-8-14)10-20-16(22)13-5-1-11(2-6-13)9-15-17(23)21-18(24)25-15/h1-9H,10H2,(H,20,22)(H,21,23,24)/b15-9-. The lowest BCUT2D eigenvalue weighted by Crippen LogP contribution is -2.22. The molecule has 0 aliphatic carbocycles. The zero-order chi connectivity index (χ0) is 17.8. The second kappa shape index (κ2) is 7.31. The smallest absolute Gasteiger partial charge is 0.290 e. The van der Waals surface area contributed by atoms with E-state index in [1.54, 1.807) is 42.5 Å². The van der Waals surface area contributed by atoms with E-state index in [0.29, 0.717) is 22.6 Å². The van der Waals surface area contributed by atoms with E-state index in [2.05, 4.69) is 10.6 Å². The van der Waals surface area contributed by atoms with Crippen LogP contribution in [0, 0.1) is 5.82 Å². The highest BCUT2D eigenvalue weighted by Gasteiger charge is 2.24. The van der Waals surface area contributed by atoms with Crippen LogP contribution in [0.1, 0.15) is 21.5 Å². The molecule has 2 aromatic carbocycles. The first-order chi connectivity index (χ1) is 12.0. The van der Waals surface area contributed by atoms with Crippen molar-refractivity contribution in [2.75, 3.05) is 0 Å². The second-order valence-electron chi connectivity index (χ2n) is 5.28. The predicted octanol–water partition coefficient (Wildman–Crippen LogP) is 3.08. The van der Waals surface area contributed by atoms with Gasteiger partial charge in [0, 0.05) is 12.1 Å². The third-order valence-electron chi connectivity index (χ3n) is 3.48. The molecule has 25 heavy (non-hydrogen) atoms. The summed E-state index contributed by atoms with van der Waals surface area (Å²) >= 11 is 0.841. The normalized spacial score (nSPS) is 15.3. The minimum absolute atomic E-state index is 0.258. The molecule has 5 nitrogen and oxygen atoms in total. The second-order valence-corrected chi connectivity index (χ2v) is 6.30. The van der Waals surface area contributed by atoms with Gasteiger partial charge in [-0.3, -0.25) is 19.7 Å². The van der Waals surface area contributed by atoms with Gasteiger partial charge in [0.15, 0.2) is 0 Å². The van der Waals surface area contributed by atoms with Crippen LogP contribution < -0.4 is 10.6 Å². The Hall–Kier alpha value is -2.93. The van der Waals surface area contributed by atoms with Crippen molar-refractivity contribution < 1.29 is 18.8 Å². The molecule has 2 aromatic rings. The molecule has 2 N–H and O–H groups in total. The van der Waals surface area contributed by atoms with Gasteiger partial charge in [0.05, 0.1) is 4.91 Å². The van der Waals surface area contributed by atoms with Crippen molar-refractivity contribution in [3.8, 4) is 0 Å². The van der Waals surface area contributed by atoms with Crippen molar-refractivity contribution in [3.63, 3.8) is 0 Å². The Kier molecular flexibility index (Phi) is 4.95. The zero-order valence-corrected chi connectivity index (χ0v) is 13.7. The quantitative estimate of drug-likeness (QED) is 0.826. The van der Waals surface area contributed by atoms with E-state index < -0.39 is 11.1 Å². The summed E-state index contributed by atoms with van der Waals surface area (Å²) in [5.74, 6) is -1.00. The van der Waals surface area contributed by atoms with Crippen molar-refractivity contribution in [1.29, 1.82) is 0 Å². The molecule has 1 fully saturated rings. The van der Waals surface area contributed by atoms with Crippen LogP contribution in [0.4, 0.5) is 9.18 Å². The van der Waals surface area contributed by atoms with Gasteiger partial charge in [-0.25, -0.2) is 4.39 Å². The van der Waals surface area contributed by atoms with Crippen LogP contribution in [0.2, 0.25) is 0 Å². The number of halogens is 1. The zero-order valence-electron chi connectivity index (χ0n) is 12.9. The average Bonchev–Trinajstić information content (AvgIpc) is 2.92. The first kappa shape index (κ1) is 16.9. The molecule has 0 atom stereocenters. The summed E-state index contributed by atoms with van der Waals surface area (Å²) in [4.78, 5) is 35.1. The van der Waals surface area contributed by atoms with Crippen LogP contribution in [0.3, 0.4) is 0 Å². The Morgan fingerprint density at radius 2 is 1.76 bits per heavy atom. The fourth-order valence-electron chi connectivity index (χ4n) is 2.19. The summed E-state index contributed by atoms with van der Waals surface area (Å²) in [6.07, 6.45) is 1.59. The Morgan fingerprint density at radius 3 is 2.36 bits per heavy atom. The number of rotatable bonds is 4. The van der Waals surface area contributed by atoms with Gasteiger partial charge in [0.25, 0.3) is 17.1 Å². The van der Waals surface area contributed by atoms with E-state index in [0.717, 1.165) is 17.3 Å². The van der Waals surface area contributed by atoms with Crippen molar-refractivity contribution in [1.82, 2.24) is 10.6 Å². The molecular formula is C18H13FN2O3S. The molecule has 1 heterocycles. The maximum absolute atomic E-state index is 12.8. The SMILES string of the molecule is O=C1NC(=O)/C(=C/c2ccc(C(=O)NCc3ccc(F)cc3)cc2)S1. The topological polar surface area (TPSA) is 75.3 Å². The summed E-state index contributed by atoms with van der Waals surface area (Å²) in [6.45, 7) is 0.295. The van der Waals surface area contributed by atoms with Crippen LogP contribution >= 0.6 is 11.8 Å². The third kappa shape index (κ3) is 4.33. The van der Waals surface area contributed by atoms with E-state index >= 15 is 0 Å². The number of amides is 3. The molecule has 0 radical (unpaired) electrons. The molecule has 126 valence electrons. The van der Waals surface area contributed by atoms with Crippen LogP contribution in [0.15, 0.2) is 53.4 Å². The number of benzene rings is 2. The molecule has 3 rings (SSSR count). The monoisotopic (exact) mass is 356 g/mol. The van der Waals surface area contributed by atoms with E-state index in [4.69, 9.17) is 0 Å². The van der Waals surface area contributed by atoms with Gasteiger partial charge in [0.2, 0.25) is 0 Å². The molecular weight excluding hydrogens is 343 g/mol. The van der Waals surface area contributed by atoms with Crippen molar-refractivity contribution in [3.05, 3.63) is 75.9 Å². The molecule has 0 aromatic heterocycles. The lowest BCUT2D eigenvalue weighted by atomic mass is 10.1. The molecule has 0 bridgehead atoms. The highest BCUT2D eigenvalue weighted by atomic mass is 32.2. The average molecular weight is 356 g/mol. The van der Waals surface area contributed by atoms with Gasteiger partial charge in [-0.2, -0.15) is 0 Å². The van der Waals surface area contributed by atoms with Crippen LogP contribution in [0.25, 0.3) is 6.08 Å². The minimum atomic E-state index is -0.420. The number of imide groups is 1. The Labute approximate surface area is 147 Å². The predicted molar refractivity (Wildman–Crippen MR) is 93.1 cm³/mol. The third-order valence-corrected chi connectivity index (χ3v) is 4.29. The highest BCUT2D eigenvalue weighted by Crippen LogP contribution is 2.25. The lowest BCUT2D eigenvalue weighted by Gasteiger charge is -2.06. The summed E-state index contributed by atoms with van der Waals surface area (Å²) in [5.41, 5.74) is 1.97. The minimum Gasteiger partial charge on any atom is -0.348 e. The van der Waals surface area contributed by atoms with Crippen molar-refractivity contribution in [2.45, 2.75) is 6.54 Å². The molecule has 3 amide bonds. The van der Waals surface area contributed by atoms with Gasteiger partial charge in [-0.05, 0) is 53.2 Å². The van der Waals surface area contributed by atoms with Crippen molar-refractivity contribution in [2.24, 2.45) is 0 Å². The molecule has 7 heteroatoms. The van der Waals surface area contributed by atoms with Gasteiger partial charge in [0.1, 0.15) is 5.82 Å². The van der Waals surface area contributed by atoms with Gasteiger partial charge >= 0.3 is 0 Å². The van der Waals surface area contributed by atoms with Crippen LogP contribution in [-0.4, -0.2) is 17.1 Å². The Morgan fingerprint density at radius 1 is 1.08 bits per heavy atom. The van der Waals surface area contributed by atoms with E-state index in [9.17, 15) is 18.8 Å². The summed E-state index contributed by atoms with van der Waals surface area (Å²) in [6, 6.07) is 12.5. The number of carbonyl (C=O) groups is 3. The molecule has 1 aliphatic rings. The molecule has 0 spiro atoms. The maximum Gasteiger partial charge on any atom is 0.290 e. The molecule has 1 saturated heterocycles. The van der Waals surface area contributed by atoms with E-state index in [1.807, 2.05) is 0 Å². The largest absolute Gasteiger partial charge is 0.348 e. The summed E-state index contributed by atoms with van der Waals surface area (Å²) < 4.78 is 12.8. The fourth-order valence-corrected chi connectivity index (χ4v) is 2.87.